The van der Waals surface area contributed by atoms with Crippen molar-refractivity contribution in [3.05, 3.63) is 64.2 Å². The van der Waals surface area contributed by atoms with Crippen molar-refractivity contribution in [2.24, 2.45) is 0 Å². The molecule has 1 aliphatic heterocycles. The summed E-state index contributed by atoms with van der Waals surface area (Å²) in [4.78, 5) is 14.7. The molecule has 0 saturated carbocycles. The zero-order valence-electron chi connectivity index (χ0n) is 17.6. The maximum atomic E-state index is 13.0. The Bertz CT molecular complexity index is 1000. The highest BCUT2D eigenvalue weighted by Gasteiger charge is 2.34. The maximum Gasteiger partial charge on any atom is 0.261 e. The van der Waals surface area contributed by atoms with Gasteiger partial charge in [-0.1, -0.05) is 49.7 Å². The van der Waals surface area contributed by atoms with Crippen LogP contribution in [-0.4, -0.2) is 43.4 Å². The molecule has 3 rings (SSSR count). The number of carbonyl (C=O) groups excluding carboxylic acids is 1. The van der Waals surface area contributed by atoms with Crippen molar-refractivity contribution in [1.29, 1.82) is 0 Å². The second-order valence-corrected chi connectivity index (χ2v) is 10.8. The van der Waals surface area contributed by atoms with Gasteiger partial charge >= 0.3 is 0 Å². The number of ether oxygens (including phenoxy) is 1. The van der Waals surface area contributed by atoms with Crippen LogP contribution in [0.4, 0.5) is 0 Å². The van der Waals surface area contributed by atoms with Gasteiger partial charge in [-0.3, -0.25) is 4.79 Å². The molecule has 162 valence electrons. The Balaban J connectivity index is 1.74. The molecule has 0 spiro atoms. The van der Waals surface area contributed by atoms with Gasteiger partial charge in [-0.15, -0.1) is 0 Å². The third kappa shape index (κ3) is 5.76. The standard InChI is InChI=1S/C23H28ClNO4S/c1-16(2)19-6-4-18(5-7-19)13-25(20-10-11-30(27,28)15-20)23(26)14-29-21-8-9-22(24)17(3)12-21/h4-9,12,16,20H,10-11,13-15H2,1-3H3/t20-/m1/s1. The molecule has 1 atom stereocenters. The van der Waals surface area contributed by atoms with Gasteiger partial charge in [0.25, 0.3) is 5.91 Å². The first-order chi connectivity index (χ1) is 14.1. The number of nitrogens with zero attached hydrogens (tertiary/aromatic N) is 1. The summed E-state index contributed by atoms with van der Waals surface area (Å²) >= 11 is 6.04. The molecule has 1 aliphatic rings. The second-order valence-electron chi connectivity index (χ2n) is 8.17. The van der Waals surface area contributed by atoms with Crippen LogP contribution in [0.1, 0.15) is 42.9 Å². The molecular formula is C23H28ClNO4S. The molecule has 2 aromatic carbocycles. The van der Waals surface area contributed by atoms with Crippen LogP contribution in [0, 0.1) is 6.92 Å². The molecule has 30 heavy (non-hydrogen) atoms. The number of sulfone groups is 1. The number of rotatable bonds is 7. The van der Waals surface area contributed by atoms with E-state index in [9.17, 15) is 13.2 Å². The van der Waals surface area contributed by atoms with Crippen LogP contribution in [0.2, 0.25) is 5.02 Å². The summed E-state index contributed by atoms with van der Waals surface area (Å²) in [6, 6.07) is 13.0. The quantitative estimate of drug-likeness (QED) is 0.629. The summed E-state index contributed by atoms with van der Waals surface area (Å²) in [7, 11) is -3.11. The smallest absolute Gasteiger partial charge is 0.261 e. The van der Waals surface area contributed by atoms with Crippen molar-refractivity contribution in [1.82, 2.24) is 4.90 Å². The molecule has 0 bridgehead atoms. The first kappa shape index (κ1) is 22.6. The third-order valence-corrected chi connectivity index (χ3v) is 7.63. The molecule has 0 aromatic heterocycles. The topological polar surface area (TPSA) is 63.7 Å². The lowest BCUT2D eigenvalue weighted by molar-refractivity contribution is -0.136. The van der Waals surface area contributed by atoms with E-state index in [1.54, 1.807) is 23.1 Å². The molecule has 1 amide bonds. The van der Waals surface area contributed by atoms with Crippen molar-refractivity contribution < 1.29 is 17.9 Å². The van der Waals surface area contributed by atoms with Crippen molar-refractivity contribution in [3.63, 3.8) is 0 Å². The van der Waals surface area contributed by atoms with E-state index in [-0.39, 0.29) is 30.1 Å². The van der Waals surface area contributed by atoms with Gasteiger partial charge in [-0.05, 0) is 54.2 Å². The van der Waals surface area contributed by atoms with E-state index in [1.165, 1.54) is 5.56 Å². The first-order valence-electron chi connectivity index (χ1n) is 10.1. The van der Waals surface area contributed by atoms with Crippen LogP contribution in [-0.2, 0) is 21.2 Å². The molecule has 1 saturated heterocycles. The van der Waals surface area contributed by atoms with E-state index < -0.39 is 9.84 Å². The fraction of sp³-hybridized carbons (Fsp3) is 0.435. The molecule has 0 aliphatic carbocycles. The maximum absolute atomic E-state index is 13.0. The lowest BCUT2D eigenvalue weighted by Crippen LogP contribution is -2.43. The summed E-state index contributed by atoms with van der Waals surface area (Å²) in [5.74, 6) is 0.879. The molecule has 0 radical (unpaired) electrons. The minimum Gasteiger partial charge on any atom is -0.484 e. The third-order valence-electron chi connectivity index (χ3n) is 5.46. The van der Waals surface area contributed by atoms with Gasteiger partial charge in [-0.2, -0.15) is 0 Å². The van der Waals surface area contributed by atoms with Gasteiger partial charge in [0.2, 0.25) is 0 Å². The first-order valence-corrected chi connectivity index (χ1v) is 12.3. The minimum absolute atomic E-state index is 0.00285. The fourth-order valence-corrected chi connectivity index (χ4v) is 5.43. The molecule has 7 heteroatoms. The number of halogens is 1. The number of amides is 1. The van der Waals surface area contributed by atoms with E-state index in [2.05, 4.69) is 26.0 Å². The Morgan fingerprint density at radius 1 is 1.20 bits per heavy atom. The van der Waals surface area contributed by atoms with Crippen molar-refractivity contribution in [2.75, 3.05) is 18.1 Å². The van der Waals surface area contributed by atoms with E-state index in [0.717, 1.165) is 11.1 Å². The van der Waals surface area contributed by atoms with Crippen molar-refractivity contribution in [3.8, 4) is 5.75 Å². The van der Waals surface area contributed by atoms with Crippen LogP contribution in [0.15, 0.2) is 42.5 Å². The molecule has 1 fully saturated rings. The summed E-state index contributed by atoms with van der Waals surface area (Å²) < 4.78 is 29.7. The van der Waals surface area contributed by atoms with Crippen LogP contribution < -0.4 is 4.74 Å². The molecule has 1 heterocycles. The van der Waals surface area contributed by atoms with Crippen molar-refractivity contribution in [2.45, 2.75) is 45.7 Å². The van der Waals surface area contributed by atoms with Gasteiger partial charge in [0.15, 0.2) is 16.4 Å². The Kier molecular flexibility index (Phi) is 7.09. The second kappa shape index (κ2) is 9.40. The van der Waals surface area contributed by atoms with Gasteiger partial charge in [0, 0.05) is 17.6 Å². The largest absolute Gasteiger partial charge is 0.484 e. The molecule has 0 N–H and O–H groups in total. The number of hydrogen-bond acceptors (Lipinski definition) is 4. The van der Waals surface area contributed by atoms with Crippen LogP contribution in [0.5, 0.6) is 5.75 Å². The number of hydrogen-bond donors (Lipinski definition) is 0. The molecule has 2 aromatic rings. The van der Waals surface area contributed by atoms with E-state index >= 15 is 0 Å². The Morgan fingerprint density at radius 2 is 1.90 bits per heavy atom. The van der Waals surface area contributed by atoms with Gasteiger partial charge < -0.3 is 9.64 Å². The van der Waals surface area contributed by atoms with Crippen LogP contribution >= 0.6 is 11.6 Å². The lowest BCUT2D eigenvalue weighted by Gasteiger charge is -2.28. The predicted octanol–water partition coefficient (Wildman–Crippen LogP) is 4.37. The zero-order chi connectivity index (χ0) is 21.9. The van der Waals surface area contributed by atoms with Crippen LogP contribution in [0.3, 0.4) is 0 Å². The average Bonchev–Trinajstić information content (AvgIpc) is 3.06. The molecule has 0 unspecified atom stereocenters. The highest BCUT2D eigenvalue weighted by atomic mass is 35.5. The number of carbonyl (C=O) groups is 1. The monoisotopic (exact) mass is 449 g/mol. The van der Waals surface area contributed by atoms with Gasteiger partial charge in [-0.25, -0.2) is 8.42 Å². The number of aryl methyl sites for hydroxylation is 1. The lowest BCUT2D eigenvalue weighted by atomic mass is 10.0. The fourth-order valence-electron chi connectivity index (χ4n) is 3.58. The summed E-state index contributed by atoms with van der Waals surface area (Å²) in [6.07, 6.45) is 0.457. The Hall–Kier alpha value is -2.05. The average molecular weight is 450 g/mol. The van der Waals surface area contributed by atoms with Crippen molar-refractivity contribution >= 4 is 27.3 Å². The molecule has 5 nitrogen and oxygen atoms in total. The highest BCUT2D eigenvalue weighted by molar-refractivity contribution is 7.91. The number of benzene rings is 2. The van der Waals surface area contributed by atoms with Gasteiger partial charge in [0.1, 0.15) is 5.75 Å². The normalized spacial score (nSPS) is 17.8. The minimum atomic E-state index is -3.11. The van der Waals surface area contributed by atoms with Gasteiger partial charge in [0.05, 0.1) is 11.5 Å². The van der Waals surface area contributed by atoms with E-state index in [1.807, 2.05) is 19.1 Å². The summed E-state index contributed by atoms with van der Waals surface area (Å²) in [5, 5.41) is 0.635. The SMILES string of the molecule is Cc1cc(OCC(=O)N(Cc2ccc(C(C)C)cc2)[C@@H]2CCS(=O)(=O)C2)ccc1Cl. The van der Waals surface area contributed by atoms with Crippen LogP contribution in [0.25, 0.3) is 0 Å². The zero-order valence-corrected chi connectivity index (χ0v) is 19.2. The summed E-state index contributed by atoms with van der Waals surface area (Å²) in [5.41, 5.74) is 3.06. The summed E-state index contributed by atoms with van der Waals surface area (Å²) in [6.45, 7) is 6.34. The Labute approximate surface area is 183 Å². The van der Waals surface area contributed by atoms with E-state index in [4.69, 9.17) is 16.3 Å². The molecular weight excluding hydrogens is 422 g/mol. The highest BCUT2D eigenvalue weighted by Crippen LogP contribution is 2.24. The van der Waals surface area contributed by atoms with E-state index in [0.29, 0.717) is 29.7 Å². The Morgan fingerprint density at radius 3 is 2.47 bits per heavy atom. The predicted molar refractivity (Wildman–Crippen MR) is 120 cm³/mol.